The molecule has 1 aromatic carbocycles. The van der Waals surface area contributed by atoms with Crippen LogP contribution in [0.5, 0.6) is 11.5 Å². The summed E-state index contributed by atoms with van der Waals surface area (Å²) in [6.07, 6.45) is -7.10. The van der Waals surface area contributed by atoms with Gasteiger partial charge in [0.1, 0.15) is 5.75 Å². The van der Waals surface area contributed by atoms with Crippen LogP contribution in [0.15, 0.2) is 40.2 Å². The minimum Gasteiger partial charge on any atom is -0.449 e. The predicted octanol–water partition coefficient (Wildman–Crippen LogP) is 3.74. The second kappa shape index (κ2) is 10.2. The fourth-order valence-corrected chi connectivity index (χ4v) is 3.20. The Morgan fingerprint density at radius 2 is 1.86 bits per heavy atom. The minimum atomic E-state index is -5.01. The van der Waals surface area contributed by atoms with Gasteiger partial charge in [0, 0.05) is 16.8 Å². The van der Waals surface area contributed by atoms with Gasteiger partial charge in [-0.25, -0.2) is 22.5 Å². The van der Waals surface area contributed by atoms with E-state index in [0.717, 1.165) is 19.1 Å². The SMILES string of the molecule is Cc1c(C#N)ccc(C(F)F)c1Oc1c(C(F)(F)C(F)F)ncn(Cc2ccc(CO)[nH]c2=O)c1=O. The van der Waals surface area contributed by atoms with E-state index in [0.29, 0.717) is 10.9 Å². The molecular formula is C22H16F6N4O4. The first-order valence-corrected chi connectivity index (χ1v) is 9.99. The molecule has 0 bridgehead atoms. The highest BCUT2D eigenvalue weighted by Gasteiger charge is 2.48. The summed E-state index contributed by atoms with van der Waals surface area (Å²) in [5, 5.41) is 18.3. The Morgan fingerprint density at radius 3 is 2.42 bits per heavy atom. The molecule has 0 atom stereocenters. The standard InChI is InChI=1S/C22H16F6N4O4/c1-10-11(6-29)3-5-14(18(23)24)15(10)36-16-17(22(27,28)21(25)26)30-9-32(20(16)35)7-12-2-4-13(8-33)31-19(12)34/h2-5,9,18,21,33H,7-8H2,1H3,(H,31,34). The van der Waals surface area contributed by atoms with Gasteiger partial charge in [0.2, 0.25) is 5.75 Å². The summed E-state index contributed by atoms with van der Waals surface area (Å²) in [6.45, 7) is 0.0462. The number of alkyl halides is 6. The van der Waals surface area contributed by atoms with Gasteiger partial charge in [-0.05, 0) is 31.2 Å². The number of aromatic nitrogens is 3. The highest BCUT2D eigenvalue weighted by molar-refractivity contribution is 5.53. The monoisotopic (exact) mass is 514 g/mol. The second-order valence-corrected chi connectivity index (χ2v) is 7.45. The van der Waals surface area contributed by atoms with Crippen molar-refractivity contribution in [2.45, 2.75) is 38.8 Å². The van der Waals surface area contributed by atoms with Crippen LogP contribution in [-0.4, -0.2) is 26.1 Å². The van der Waals surface area contributed by atoms with E-state index < -0.39 is 65.8 Å². The maximum Gasteiger partial charge on any atom is 0.352 e. The number of pyridine rings is 1. The van der Waals surface area contributed by atoms with Crippen LogP contribution in [0.3, 0.4) is 0 Å². The topological polar surface area (TPSA) is 121 Å². The summed E-state index contributed by atoms with van der Waals surface area (Å²) in [6, 6.07) is 5.98. The molecule has 0 saturated heterocycles. The van der Waals surface area contributed by atoms with Gasteiger partial charge in [0.05, 0.1) is 36.7 Å². The summed E-state index contributed by atoms with van der Waals surface area (Å²) >= 11 is 0. The van der Waals surface area contributed by atoms with E-state index in [1.807, 2.05) is 0 Å². The maximum atomic E-state index is 14.3. The van der Waals surface area contributed by atoms with Gasteiger partial charge < -0.3 is 14.8 Å². The molecule has 0 aliphatic carbocycles. The zero-order chi connectivity index (χ0) is 26.8. The van der Waals surface area contributed by atoms with Crippen LogP contribution in [-0.2, 0) is 19.1 Å². The lowest BCUT2D eigenvalue weighted by molar-refractivity contribution is -0.139. The summed E-state index contributed by atoms with van der Waals surface area (Å²) in [5.41, 5.74) is -5.36. The molecule has 0 amide bonds. The smallest absolute Gasteiger partial charge is 0.352 e. The van der Waals surface area contributed by atoms with Gasteiger partial charge in [0.25, 0.3) is 17.5 Å². The van der Waals surface area contributed by atoms with E-state index in [1.54, 1.807) is 6.07 Å². The molecule has 2 N–H and O–H groups in total. The molecule has 2 aromatic heterocycles. The number of rotatable bonds is 8. The first-order valence-electron chi connectivity index (χ1n) is 9.99. The Bertz CT molecular complexity index is 1450. The summed E-state index contributed by atoms with van der Waals surface area (Å²) in [5.74, 6) is -7.34. The van der Waals surface area contributed by atoms with Crippen molar-refractivity contribution in [2.24, 2.45) is 0 Å². The van der Waals surface area contributed by atoms with Crippen molar-refractivity contribution in [1.82, 2.24) is 14.5 Å². The number of H-pyrrole nitrogens is 1. The van der Waals surface area contributed by atoms with Gasteiger partial charge in [-0.15, -0.1) is 0 Å². The first kappa shape index (κ1) is 26.5. The molecule has 0 radical (unpaired) electrons. The van der Waals surface area contributed by atoms with Crippen LogP contribution in [0.1, 0.15) is 40.1 Å². The van der Waals surface area contributed by atoms with Crippen LogP contribution in [0, 0.1) is 18.3 Å². The lowest BCUT2D eigenvalue weighted by Crippen LogP contribution is -2.32. The number of nitrogens with zero attached hydrogens (tertiary/aromatic N) is 3. The van der Waals surface area contributed by atoms with Crippen molar-refractivity contribution in [3.05, 3.63) is 84.9 Å². The number of aliphatic hydroxyl groups is 1. The highest BCUT2D eigenvalue weighted by atomic mass is 19.3. The molecular weight excluding hydrogens is 498 g/mol. The number of hydrogen-bond acceptors (Lipinski definition) is 6. The van der Waals surface area contributed by atoms with E-state index in [4.69, 9.17) is 9.84 Å². The molecule has 0 unspecified atom stereocenters. The predicted molar refractivity (Wildman–Crippen MR) is 111 cm³/mol. The normalized spacial score (nSPS) is 11.7. The summed E-state index contributed by atoms with van der Waals surface area (Å²) in [4.78, 5) is 30.8. The molecule has 190 valence electrons. The third kappa shape index (κ3) is 4.96. The van der Waals surface area contributed by atoms with Crippen molar-refractivity contribution < 1.29 is 36.2 Å². The zero-order valence-corrected chi connectivity index (χ0v) is 18.2. The van der Waals surface area contributed by atoms with Gasteiger partial charge in [0.15, 0.2) is 5.69 Å². The second-order valence-electron chi connectivity index (χ2n) is 7.45. The van der Waals surface area contributed by atoms with Crippen molar-refractivity contribution in [3.8, 4) is 17.6 Å². The Hall–Kier alpha value is -4.12. The molecule has 0 spiro atoms. The van der Waals surface area contributed by atoms with E-state index in [9.17, 15) is 41.2 Å². The Labute approximate surface area is 198 Å². The molecule has 2 heterocycles. The molecule has 14 heteroatoms. The number of aromatic amines is 1. The average Bonchev–Trinajstić information content (AvgIpc) is 2.83. The van der Waals surface area contributed by atoms with Gasteiger partial charge >= 0.3 is 12.3 Å². The molecule has 0 aliphatic heterocycles. The number of ether oxygens (including phenoxy) is 1. The van der Waals surface area contributed by atoms with E-state index >= 15 is 0 Å². The van der Waals surface area contributed by atoms with Crippen LogP contribution < -0.4 is 15.9 Å². The van der Waals surface area contributed by atoms with Gasteiger partial charge in [-0.3, -0.25) is 14.2 Å². The van der Waals surface area contributed by atoms with Crippen LogP contribution in [0.4, 0.5) is 26.3 Å². The fourth-order valence-electron chi connectivity index (χ4n) is 3.20. The first-order chi connectivity index (χ1) is 16.9. The molecule has 36 heavy (non-hydrogen) atoms. The van der Waals surface area contributed by atoms with Crippen molar-refractivity contribution >= 4 is 0 Å². The Kier molecular flexibility index (Phi) is 7.54. The minimum absolute atomic E-state index is 0.105. The zero-order valence-electron chi connectivity index (χ0n) is 18.2. The fraction of sp³-hybridized carbons (Fsp3) is 0.273. The third-order valence-corrected chi connectivity index (χ3v) is 5.14. The van der Waals surface area contributed by atoms with Gasteiger partial charge in [-0.1, -0.05) is 0 Å². The van der Waals surface area contributed by atoms with Crippen molar-refractivity contribution in [1.29, 1.82) is 5.26 Å². The van der Waals surface area contributed by atoms with Crippen LogP contribution >= 0.6 is 0 Å². The van der Waals surface area contributed by atoms with E-state index in [1.165, 1.54) is 12.1 Å². The molecule has 0 aliphatic rings. The number of nitriles is 1. The largest absolute Gasteiger partial charge is 0.449 e. The average molecular weight is 514 g/mol. The number of benzene rings is 1. The summed E-state index contributed by atoms with van der Waals surface area (Å²) in [7, 11) is 0. The summed E-state index contributed by atoms with van der Waals surface area (Å²) < 4.78 is 87.8. The molecule has 3 rings (SSSR count). The number of aliphatic hydroxyl groups excluding tert-OH is 1. The van der Waals surface area contributed by atoms with E-state index in [-0.39, 0.29) is 22.4 Å². The third-order valence-electron chi connectivity index (χ3n) is 5.14. The Balaban J connectivity index is 2.24. The van der Waals surface area contributed by atoms with Crippen LogP contribution in [0.2, 0.25) is 0 Å². The van der Waals surface area contributed by atoms with Gasteiger partial charge in [-0.2, -0.15) is 14.0 Å². The number of hydrogen-bond donors (Lipinski definition) is 2. The van der Waals surface area contributed by atoms with Crippen molar-refractivity contribution in [3.63, 3.8) is 0 Å². The molecule has 8 nitrogen and oxygen atoms in total. The molecule has 3 aromatic rings. The maximum absolute atomic E-state index is 14.3. The lowest BCUT2D eigenvalue weighted by Gasteiger charge is -2.21. The highest BCUT2D eigenvalue weighted by Crippen LogP contribution is 2.41. The van der Waals surface area contributed by atoms with E-state index in [2.05, 4.69) is 9.97 Å². The lowest BCUT2D eigenvalue weighted by atomic mass is 10.0. The molecule has 0 fully saturated rings. The molecule has 0 saturated carbocycles. The quantitative estimate of drug-likeness (QED) is 0.442. The number of nitrogens with one attached hydrogen (secondary N) is 1. The number of halogens is 6. The Morgan fingerprint density at radius 1 is 1.17 bits per heavy atom. The van der Waals surface area contributed by atoms with Crippen LogP contribution in [0.25, 0.3) is 0 Å². The van der Waals surface area contributed by atoms with Crippen molar-refractivity contribution in [2.75, 3.05) is 0 Å².